The van der Waals surface area contributed by atoms with E-state index in [2.05, 4.69) is 20.8 Å². The summed E-state index contributed by atoms with van der Waals surface area (Å²) in [6, 6.07) is 0. The van der Waals surface area contributed by atoms with Gasteiger partial charge in [-0.15, -0.1) is 0 Å². The van der Waals surface area contributed by atoms with E-state index in [1.165, 1.54) is 38.5 Å². The first-order valence-corrected chi connectivity index (χ1v) is 7.77. The molecule has 0 aromatic heterocycles. The Kier molecular flexibility index (Phi) is 4.18. The van der Waals surface area contributed by atoms with Crippen LogP contribution in [0.3, 0.4) is 0 Å². The molecular weight excluding hydrogens is 208 g/mol. The fraction of sp³-hybridized carbons (Fsp3) is 1.00. The summed E-state index contributed by atoms with van der Waals surface area (Å²) < 4.78 is 0. The van der Waals surface area contributed by atoms with Crippen molar-refractivity contribution in [1.29, 1.82) is 0 Å². The molecule has 0 aromatic rings. The molecule has 2 saturated carbocycles. The first kappa shape index (κ1) is 13.4. The summed E-state index contributed by atoms with van der Waals surface area (Å²) in [7, 11) is 0. The lowest BCUT2D eigenvalue weighted by molar-refractivity contribution is -0.106. The number of hydrogen-bond acceptors (Lipinski definition) is 1. The standard InChI is InChI=1S/C16H30O/c1-4-14-7-5-6-8-15(14)16(17)10-12(2)9-13(3)11-16/h12-15,17H,4-11H2,1-3H3. The van der Waals surface area contributed by atoms with Crippen molar-refractivity contribution in [2.24, 2.45) is 23.7 Å². The van der Waals surface area contributed by atoms with Gasteiger partial charge in [-0.25, -0.2) is 0 Å². The molecule has 1 heteroatoms. The smallest absolute Gasteiger partial charge is 0.0683 e. The zero-order valence-electron chi connectivity index (χ0n) is 11.9. The molecular formula is C16H30O. The third-order valence-electron chi connectivity index (χ3n) is 5.33. The van der Waals surface area contributed by atoms with Gasteiger partial charge in [0.25, 0.3) is 0 Å². The Hall–Kier alpha value is -0.0400. The van der Waals surface area contributed by atoms with Crippen molar-refractivity contribution in [3.8, 4) is 0 Å². The minimum atomic E-state index is -0.335. The highest BCUT2D eigenvalue weighted by Crippen LogP contribution is 2.48. The minimum absolute atomic E-state index is 0.335. The molecule has 2 rings (SSSR count). The van der Waals surface area contributed by atoms with Gasteiger partial charge in [-0.05, 0) is 49.4 Å². The minimum Gasteiger partial charge on any atom is -0.390 e. The summed E-state index contributed by atoms with van der Waals surface area (Å²) in [4.78, 5) is 0. The molecule has 0 bridgehead atoms. The van der Waals surface area contributed by atoms with Gasteiger partial charge in [-0.2, -0.15) is 0 Å². The molecule has 0 aromatic carbocycles. The van der Waals surface area contributed by atoms with Gasteiger partial charge >= 0.3 is 0 Å². The molecule has 0 saturated heterocycles. The fourth-order valence-corrected chi connectivity index (χ4v) is 4.85. The Balaban J connectivity index is 2.11. The summed E-state index contributed by atoms with van der Waals surface area (Å²) in [5, 5.41) is 11.1. The van der Waals surface area contributed by atoms with Crippen LogP contribution in [-0.2, 0) is 0 Å². The quantitative estimate of drug-likeness (QED) is 0.756. The van der Waals surface area contributed by atoms with Crippen LogP contribution in [0, 0.1) is 23.7 Å². The van der Waals surface area contributed by atoms with E-state index in [0.717, 1.165) is 18.8 Å². The molecule has 0 aliphatic heterocycles. The summed E-state index contributed by atoms with van der Waals surface area (Å²) in [5.74, 6) is 2.80. The topological polar surface area (TPSA) is 20.2 Å². The van der Waals surface area contributed by atoms with E-state index in [1.54, 1.807) is 0 Å². The molecule has 0 radical (unpaired) electrons. The average molecular weight is 238 g/mol. The molecule has 0 amide bonds. The molecule has 4 unspecified atom stereocenters. The fourth-order valence-electron chi connectivity index (χ4n) is 4.85. The van der Waals surface area contributed by atoms with Crippen molar-refractivity contribution < 1.29 is 5.11 Å². The second-order valence-corrected chi connectivity index (χ2v) is 7.02. The zero-order chi connectivity index (χ0) is 12.5. The van der Waals surface area contributed by atoms with Gasteiger partial charge in [-0.1, -0.05) is 46.5 Å². The second kappa shape index (κ2) is 5.30. The molecule has 1 nitrogen and oxygen atoms in total. The molecule has 100 valence electrons. The molecule has 4 atom stereocenters. The van der Waals surface area contributed by atoms with Crippen molar-refractivity contribution >= 4 is 0 Å². The predicted molar refractivity (Wildman–Crippen MR) is 72.9 cm³/mol. The van der Waals surface area contributed by atoms with Gasteiger partial charge in [-0.3, -0.25) is 0 Å². The highest BCUT2D eigenvalue weighted by Gasteiger charge is 2.45. The van der Waals surface area contributed by atoms with Gasteiger partial charge in [0.2, 0.25) is 0 Å². The van der Waals surface area contributed by atoms with Crippen LogP contribution in [0.15, 0.2) is 0 Å². The predicted octanol–water partition coefficient (Wildman–Crippen LogP) is 4.39. The summed E-state index contributed by atoms with van der Waals surface area (Å²) >= 11 is 0. The van der Waals surface area contributed by atoms with E-state index in [1.807, 2.05) is 0 Å². The van der Waals surface area contributed by atoms with Crippen LogP contribution in [0.1, 0.15) is 72.1 Å². The number of rotatable bonds is 2. The van der Waals surface area contributed by atoms with E-state index in [0.29, 0.717) is 17.8 Å². The largest absolute Gasteiger partial charge is 0.390 e. The van der Waals surface area contributed by atoms with Crippen LogP contribution in [0.5, 0.6) is 0 Å². The Morgan fingerprint density at radius 3 is 2.24 bits per heavy atom. The lowest BCUT2D eigenvalue weighted by Crippen LogP contribution is -2.48. The molecule has 0 spiro atoms. The molecule has 1 N–H and O–H groups in total. The van der Waals surface area contributed by atoms with Crippen molar-refractivity contribution in [1.82, 2.24) is 0 Å². The van der Waals surface area contributed by atoms with E-state index < -0.39 is 0 Å². The maximum atomic E-state index is 11.1. The van der Waals surface area contributed by atoms with E-state index >= 15 is 0 Å². The Morgan fingerprint density at radius 1 is 1.06 bits per heavy atom. The molecule has 2 aliphatic rings. The lowest BCUT2D eigenvalue weighted by Gasteiger charge is -2.48. The van der Waals surface area contributed by atoms with Crippen LogP contribution in [0.2, 0.25) is 0 Å². The Morgan fingerprint density at radius 2 is 1.65 bits per heavy atom. The average Bonchev–Trinajstić information content (AvgIpc) is 2.27. The third-order valence-corrected chi connectivity index (χ3v) is 5.33. The number of aliphatic hydroxyl groups is 1. The summed E-state index contributed by atoms with van der Waals surface area (Å²) in [6.45, 7) is 6.96. The van der Waals surface area contributed by atoms with Gasteiger partial charge < -0.3 is 5.11 Å². The summed E-state index contributed by atoms with van der Waals surface area (Å²) in [6.07, 6.45) is 10.0. The van der Waals surface area contributed by atoms with Gasteiger partial charge in [0.15, 0.2) is 0 Å². The van der Waals surface area contributed by atoms with Crippen molar-refractivity contribution in [2.75, 3.05) is 0 Å². The molecule has 0 heterocycles. The lowest BCUT2D eigenvalue weighted by atomic mass is 9.61. The number of hydrogen-bond donors (Lipinski definition) is 1. The van der Waals surface area contributed by atoms with Crippen LogP contribution in [0.25, 0.3) is 0 Å². The monoisotopic (exact) mass is 238 g/mol. The van der Waals surface area contributed by atoms with Gasteiger partial charge in [0.05, 0.1) is 5.60 Å². The van der Waals surface area contributed by atoms with E-state index in [9.17, 15) is 5.11 Å². The highest BCUT2D eigenvalue weighted by atomic mass is 16.3. The Labute approximate surface area is 107 Å². The van der Waals surface area contributed by atoms with Crippen LogP contribution >= 0.6 is 0 Å². The van der Waals surface area contributed by atoms with Crippen molar-refractivity contribution in [3.63, 3.8) is 0 Å². The third kappa shape index (κ3) is 2.86. The molecule has 2 aliphatic carbocycles. The SMILES string of the molecule is CCC1CCCCC1C1(O)CC(C)CC(C)C1. The van der Waals surface area contributed by atoms with E-state index in [-0.39, 0.29) is 5.60 Å². The van der Waals surface area contributed by atoms with E-state index in [4.69, 9.17) is 0 Å². The van der Waals surface area contributed by atoms with Crippen LogP contribution < -0.4 is 0 Å². The maximum Gasteiger partial charge on any atom is 0.0683 e. The van der Waals surface area contributed by atoms with Gasteiger partial charge in [0.1, 0.15) is 0 Å². The van der Waals surface area contributed by atoms with Gasteiger partial charge in [0, 0.05) is 0 Å². The van der Waals surface area contributed by atoms with Crippen molar-refractivity contribution in [3.05, 3.63) is 0 Å². The van der Waals surface area contributed by atoms with Crippen LogP contribution in [-0.4, -0.2) is 10.7 Å². The first-order chi connectivity index (χ1) is 8.05. The summed E-state index contributed by atoms with van der Waals surface area (Å²) in [5.41, 5.74) is -0.335. The first-order valence-electron chi connectivity index (χ1n) is 7.77. The zero-order valence-corrected chi connectivity index (χ0v) is 11.9. The molecule has 17 heavy (non-hydrogen) atoms. The second-order valence-electron chi connectivity index (χ2n) is 7.02. The molecule has 2 fully saturated rings. The Bertz CT molecular complexity index is 238. The van der Waals surface area contributed by atoms with Crippen LogP contribution in [0.4, 0.5) is 0 Å². The normalized spacial score (nSPS) is 48.0. The van der Waals surface area contributed by atoms with Crippen molar-refractivity contribution in [2.45, 2.75) is 77.7 Å². The highest BCUT2D eigenvalue weighted by molar-refractivity contribution is 4.96. The maximum absolute atomic E-state index is 11.1.